The molecule has 2 nitrogen and oxygen atoms in total. The Labute approximate surface area is 110 Å². The zero-order valence-corrected chi connectivity index (χ0v) is 12.0. The Bertz CT molecular complexity index is 361. The molecule has 17 heavy (non-hydrogen) atoms. The van der Waals surface area contributed by atoms with Crippen LogP contribution >= 0.6 is 11.6 Å². The zero-order valence-electron chi connectivity index (χ0n) is 11.2. The van der Waals surface area contributed by atoms with E-state index < -0.39 is 0 Å². The topological polar surface area (TPSA) is 29.3 Å². The predicted octanol–water partition coefficient (Wildman–Crippen LogP) is 3.84. The van der Waals surface area contributed by atoms with Crippen molar-refractivity contribution in [2.75, 3.05) is 18.5 Å². The highest BCUT2D eigenvalue weighted by molar-refractivity contribution is 6.33. The van der Waals surface area contributed by atoms with Gasteiger partial charge in [0.1, 0.15) is 0 Å². The lowest BCUT2D eigenvalue weighted by atomic mass is 10.1. The van der Waals surface area contributed by atoms with Crippen molar-refractivity contribution < 1.29 is 0 Å². The maximum Gasteiger partial charge on any atom is 0.0642 e. The second-order valence-electron chi connectivity index (χ2n) is 5.10. The lowest BCUT2D eigenvalue weighted by Gasteiger charge is -2.22. The van der Waals surface area contributed by atoms with Crippen molar-refractivity contribution in [1.29, 1.82) is 0 Å². The summed E-state index contributed by atoms with van der Waals surface area (Å²) in [4.78, 5) is 2.20. The van der Waals surface area contributed by atoms with E-state index in [1.807, 2.05) is 13.0 Å². The van der Waals surface area contributed by atoms with Crippen LogP contribution in [0.1, 0.15) is 38.8 Å². The van der Waals surface area contributed by atoms with Crippen LogP contribution in [0.15, 0.2) is 18.2 Å². The number of nitrogens with two attached hydrogens (primary N) is 1. The van der Waals surface area contributed by atoms with E-state index in [4.69, 9.17) is 17.3 Å². The Hall–Kier alpha value is -0.730. The summed E-state index contributed by atoms with van der Waals surface area (Å²) >= 11 is 6.29. The van der Waals surface area contributed by atoms with Crippen molar-refractivity contribution in [3.05, 3.63) is 28.8 Å². The number of hydrogen-bond acceptors (Lipinski definition) is 2. The van der Waals surface area contributed by atoms with E-state index in [0.717, 1.165) is 22.8 Å². The number of halogens is 1. The third kappa shape index (κ3) is 4.21. The molecule has 0 aliphatic carbocycles. The molecule has 0 aliphatic rings. The second kappa shape index (κ2) is 6.27. The first kappa shape index (κ1) is 14.3. The Kier molecular flexibility index (Phi) is 5.29. The van der Waals surface area contributed by atoms with E-state index in [1.54, 1.807) is 0 Å². The molecule has 0 unspecified atom stereocenters. The molecule has 0 saturated carbocycles. The fourth-order valence-electron chi connectivity index (χ4n) is 1.69. The summed E-state index contributed by atoms with van der Waals surface area (Å²) in [6, 6.07) is 6.11. The summed E-state index contributed by atoms with van der Waals surface area (Å²) < 4.78 is 0. The van der Waals surface area contributed by atoms with E-state index in [9.17, 15) is 0 Å². The number of nitrogens with zero attached hydrogens (tertiary/aromatic N) is 1. The Morgan fingerprint density at radius 2 is 1.94 bits per heavy atom. The van der Waals surface area contributed by atoms with Crippen molar-refractivity contribution >= 4 is 17.3 Å². The highest BCUT2D eigenvalue weighted by atomic mass is 35.5. The first-order chi connectivity index (χ1) is 7.91. The van der Waals surface area contributed by atoms with Crippen LogP contribution in [0.4, 0.5) is 5.69 Å². The van der Waals surface area contributed by atoms with Crippen LogP contribution in [-0.2, 0) is 0 Å². The lowest BCUT2D eigenvalue weighted by Crippen LogP contribution is -2.20. The van der Waals surface area contributed by atoms with Gasteiger partial charge < -0.3 is 10.6 Å². The summed E-state index contributed by atoms with van der Waals surface area (Å²) in [5.74, 6) is 0.708. The van der Waals surface area contributed by atoms with E-state index in [0.29, 0.717) is 5.92 Å². The van der Waals surface area contributed by atoms with Gasteiger partial charge in [-0.1, -0.05) is 31.5 Å². The smallest absolute Gasteiger partial charge is 0.0642 e. The van der Waals surface area contributed by atoms with Gasteiger partial charge in [-0.15, -0.1) is 0 Å². The van der Waals surface area contributed by atoms with Crippen LogP contribution in [0.3, 0.4) is 0 Å². The molecule has 0 fully saturated rings. The standard InChI is InChI=1S/C14H23ClN2/c1-10(2)7-8-17(4)14-6-5-12(11(3)16)9-13(14)15/h5-6,9-11H,7-8,16H2,1-4H3/t11-/m1/s1. The summed E-state index contributed by atoms with van der Waals surface area (Å²) in [6.07, 6.45) is 1.17. The van der Waals surface area contributed by atoms with Gasteiger partial charge in [0, 0.05) is 19.6 Å². The first-order valence-electron chi connectivity index (χ1n) is 6.18. The minimum atomic E-state index is 0.0301. The maximum atomic E-state index is 6.29. The highest BCUT2D eigenvalue weighted by Gasteiger charge is 2.09. The average molecular weight is 255 g/mol. The minimum absolute atomic E-state index is 0.0301. The third-order valence-corrected chi connectivity index (χ3v) is 3.25. The highest BCUT2D eigenvalue weighted by Crippen LogP contribution is 2.28. The predicted molar refractivity (Wildman–Crippen MR) is 76.8 cm³/mol. The molecule has 1 rings (SSSR count). The van der Waals surface area contributed by atoms with Crippen LogP contribution < -0.4 is 10.6 Å². The third-order valence-electron chi connectivity index (χ3n) is 2.95. The molecule has 0 heterocycles. The largest absolute Gasteiger partial charge is 0.373 e. The van der Waals surface area contributed by atoms with E-state index >= 15 is 0 Å². The summed E-state index contributed by atoms with van der Waals surface area (Å²) in [5, 5.41) is 0.783. The van der Waals surface area contributed by atoms with Crippen molar-refractivity contribution in [2.24, 2.45) is 11.7 Å². The van der Waals surface area contributed by atoms with Gasteiger partial charge in [0.15, 0.2) is 0 Å². The van der Waals surface area contributed by atoms with Crippen molar-refractivity contribution in [3.8, 4) is 0 Å². The molecule has 0 radical (unpaired) electrons. The number of anilines is 1. The molecule has 0 saturated heterocycles. The van der Waals surface area contributed by atoms with Crippen LogP contribution in [0, 0.1) is 5.92 Å². The molecule has 0 spiro atoms. The molecular formula is C14H23ClN2. The summed E-state index contributed by atoms with van der Waals surface area (Å²) in [5.41, 5.74) is 7.99. The minimum Gasteiger partial charge on any atom is -0.373 e. The van der Waals surface area contributed by atoms with Gasteiger partial charge in [0.25, 0.3) is 0 Å². The first-order valence-corrected chi connectivity index (χ1v) is 6.55. The normalized spacial score (nSPS) is 12.9. The molecule has 0 bridgehead atoms. The molecule has 1 aromatic carbocycles. The maximum absolute atomic E-state index is 6.29. The molecule has 3 heteroatoms. The van der Waals surface area contributed by atoms with Gasteiger partial charge in [-0.2, -0.15) is 0 Å². The molecule has 0 aliphatic heterocycles. The summed E-state index contributed by atoms with van der Waals surface area (Å²) in [7, 11) is 2.08. The Morgan fingerprint density at radius 1 is 1.29 bits per heavy atom. The van der Waals surface area contributed by atoms with Gasteiger partial charge in [-0.05, 0) is 37.0 Å². The number of rotatable bonds is 5. The molecule has 0 aromatic heterocycles. The van der Waals surface area contributed by atoms with Crippen molar-refractivity contribution in [3.63, 3.8) is 0 Å². The molecule has 1 aromatic rings. The van der Waals surface area contributed by atoms with E-state index in [-0.39, 0.29) is 6.04 Å². The van der Waals surface area contributed by atoms with Crippen LogP contribution in [-0.4, -0.2) is 13.6 Å². The van der Waals surface area contributed by atoms with Gasteiger partial charge >= 0.3 is 0 Å². The fraction of sp³-hybridized carbons (Fsp3) is 0.571. The SMILES string of the molecule is CC(C)CCN(C)c1ccc([C@@H](C)N)cc1Cl. The monoisotopic (exact) mass is 254 g/mol. The number of benzene rings is 1. The van der Waals surface area contributed by atoms with Crippen LogP contribution in [0.5, 0.6) is 0 Å². The Balaban J connectivity index is 2.77. The molecule has 1 atom stereocenters. The van der Waals surface area contributed by atoms with Gasteiger partial charge in [0.2, 0.25) is 0 Å². The van der Waals surface area contributed by atoms with Crippen LogP contribution in [0.2, 0.25) is 5.02 Å². The van der Waals surface area contributed by atoms with Gasteiger partial charge in [-0.25, -0.2) is 0 Å². The van der Waals surface area contributed by atoms with Crippen LogP contribution in [0.25, 0.3) is 0 Å². The fourth-order valence-corrected chi connectivity index (χ4v) is 2.02. The quantitative estimate of drug-likeness (QED) is 0.865. The van der Waals surface area contributed by atoms with Gasteiger partial charge in [0.05, 0.1) is 10.7 Å². The molecular weight excluding hydrogens is 232 g/mol. The number of hydrogen-bond donors (Lipinski definition) is 1. The van der Waals surface area contributed by atoms with E-state index in [1.165, 1.54) is 6.42 Å². The second-order valence-corrected chi connectivity index (χ2v) is 5.51. The van der Waals surface area contributed by atoms with Crippen molar-refractivity contribution in [1.82, 2.24) is 0 Å². The van der Waals surface area contributed by atoms with E-state index in [2.05, 4.69) is 37.9 Å². The molecule has 96 valence electrons. The summed E-state index contributed by atoms with van der Waals surface area (Å²) in [6.45, 7) is 7.45. The average Bonchev–Trinajstić information content (AvgIpc) is 2.25. The zero-order chi connectivity index (χ0) is 13.0. The lowest BCUT2D eigenvalue weighted by molar-refractivity contribution is 0.585. The van der Waals surface area contributed by atoms with Crippen molar-refractivity contribution in [2.45, 2.75) is 33.2 Å². The molecule has 2 N–H and O–H groups in total. The van der Waals surface area contributed by atoms with Gasteiger partial charge in [-0.3, -0.25) is 0 Å². The Morgan fingerprint density at radius 3 is 2.41 bits per heavy atom. The molecule has 0 amide bonds.